The second-order valence-corrected chi connectivity index (χ2v) is 8.91. The number of sulfonamides is 1. The molecule has 0 N–H and O–H groups in total. The summed E-state index contributed by atoms with van der Waals surface area (Å²) >= 11 is 0. The van der Waals surface area contributed by atoms with Crippen LogP contribution in [0.4, 0.5) is 4.79 Å². The Morgan fingerprint density at radius 3 is 2.30 bits per heavy atom. The van der Waals surface area contributed by atoms with Crippen molar-refractivity contribution in [3.63, 3.8) is 0 Å². The Morgan fingerprint density at radius 1 is 1.11 bits per heavy atom. The van der Waals surface area contributed by atoms with Crippen molar-refractivity contribution in [2.45, 2.75) is 24.9 Å². The molecule has 2 aliphatic heterocycles. The smallest absolute Gasteiger partial charge is 0.321 e. The Kier molecular flexibility index (Phi) is 5.92. The van der Waals surface area contributed by atoms with Crippen molar-refractivity contribution in [2.75, 3.05) is 46.5 Å². The Balaban J connectivity index is 1.85. The molecule has 2 amide bonds. The van der Waals surface area contributed by atoms with Crippen LogP contribution in [0.25, 0.3) is 0 Å². The summed E-state index contributed by atoms with van der Waals surface area (Å²) in [6.45, 7) is 6.64. The quantitative estimate of drug-likeness (QED) is 0.768. The van der Waals surface area contributed by atoms with Crippen LogP contribution in [0.3, 0.4) is 0 Å². The molecule has 2 heterocycles. The molecule has 2 saturated heterocycles. The second-order valence-electron chi connectivity index (χ2n) is 7.02. The van der Waals surface area contributed by atoms with E-state index in [-0.39, 0.29) is 23.4 Å². The van der Waals surface area contributed by atoms with Gasteiger partial charge in [0.15, 0.2) is 0 Å². The average Bonchev–Trinajstić information content (AvgIpc) is 3.14. The van der Waals surface area contributed by atoms with E-state index in [0.29, 0.717) is 38.6 Å². The van der Waals surface area contributed by atoms with Gasteiger partial charge in [0.2, 0.25) is 10.0 Å². The fourth-order valence-corrected chi connectivity index (χ4v) is 5.32. The van der Waals surface area contributed by atoms with Crippen molar-refractivity contribution in [1.29, 1.82) is 0 Å². The van der Waals surface area contributed by atoms with Gasteiger partial charge in [0.25, 0.3) is 0 Å². The minimum atomic E-state index is -3.71. The monoisotopic (exact) mass is 397 g/mol. The maximum absolute atomic E-state index is 13.2. The SMILES string of the molecule is COc1ccc(S(=O)(=O)N2CCN(C(=O)N3CCOCC3)[C@@H]2C(C)C)cc1. The van der Waals surface area contributed by atoms with Gasteiger partial charge < -0.3 is 19.3 Å². The summed E-state index contributed by atoms with van der Waals surface area (Å²) in [5.74, 6) is 0.561. The van der Waals surface area contributed by atoms with Gasteiger partial charge >= 0.3 is 6.03 Å². The number of nitrogens with zero attached hydrogens (tertiary/aromatic N) is 3. The zero-order valence-electron chi connectivity index (χ0n) is 16.0. The number of carbonyl (C=O) groups excluding carboxylic acids is 1. The largest absolute Gasteiger partial charge is 0.497 e. The van der Waals surface area contributed by atoms with Crippen molar-refractivity contribution < 1.29 is 22.7 Å². The van der Waals surface area contributed by atoms with Crippen LogP contribution in [0, 0.1) is 5.92 Å². The third-order valence-electron chi connectivity index (χ3n) is 4.97. The number of urea groups is 1. The van der Waals surface area contributed by atoms with Gasteiger partial charge in [0.05, 0.1) is 25.2 Å². The van der Waals surface area contributed by atoms with Gasteiger partial charge in [-0.05, 0) is 30.2 Å². The predicted octanol–water partition coefficient (Wildman–Crippen LogP) is 1.44. The lowest BCUT2D eigenvalue weighted by atomic mass is 10.1. The van der Waals surface area contributed by atoms with E-state index in [1.54, 1.807) is 21.9 Å². The highest BCUT2D eigenvalue weighted by Gasteiger charge is 2.45. The molecular formula is C18H27N3O5S. The predicted molar refractivity (Wildman–Crippen MR) is 100 cm³/mol. The standard InChI is InChI=1S/C18H27N3O5S/c1-14(2)17-20(18(22)19-10-12-26-13-11-19)8-9-21(17)27(23,24)16-6-4-15(25-3)5-7-16/h4-7,14,17H,8-13H2,1-3H3/t17-/m0/s1. The molecule has 1 aromatic carbocycles. The van der Waals surface area contributed by atoms with E-state index in [1.165, 1.54) is 23.5 Å². The van der Waals surface area contributed by atoms with Gasteiger partial charge in [-0.2, -0.15) is 4.31 Å². The summed E-state index contributed by atoms with van der Waals surface area (Å²) < 4.78 is 38.3. The van der Waals surface area contributed by atoms with Gasteiger partial charge in [-0.1, -0.05) is 13.8 Å². The lowest BCUT2D eigenvalue weighted by Gasteiger charge is -2.37. The Hall–Kier alpha value is -1.84. The highest BCUT2D eigenvalue weighted by Crippen LogP contribution is 2.30. The molecular weight excluding hydrogens is 370 g/mol. The van der Waals surface area contributed by atoms with Crippen molar-refractivity contribution >= 4 is 16.1 Å². The number of rotatable bonds is 4. The average molecular weight is 397 g/mol. The number of hydrogen-bond acceptors (Lipinski definition) is 5. The molecule has 0 radical (unpaired) electrons. The van der Waals surface area contributed by atoms with Crippen molar-refractivity contribution in [3.8, 4) is 5.75 Å². The molecule has 0 aromatic heterocycles. The van der Waals surface area contributed by atoms with E-state index in [2.05, 4.69) is 0 Å². The van der Waals surface area contributed by atoms with E-state index in [1.807, 2.05) is 13.8 Å². The summed E-state index contributed by atoms with van der Waals surface area (Å²) in [5, 5.41) is 0. The summed E-state index contributed by atoms with van der Waals surface area (Å²) in [6.07, 6.45) is -0.507. The fourth-order valence-electron chi connectivity index (χ4n) is 3.61. The number of ether oxygens (including phenoxy) is 2. The molecule has 27 heavy (non-hydrogen) atoms. The highest BCUT2D eigenvalue weighted by atomic mass is 32.2. The van der Waals surface area contributed by atoms with Crippen LogP contribution in [0.2, 0.25) is 0 Å². The molecule has 0 aliphatic carbocycles. The lowest BCUT2D eigenvalue weighted by molar-refractivity contribution is 0.0370. The Morgan fingerprint density at radius 2 is 1.74 bits per heavy atom. The first-order valence-corrected chi connectivity index (χ1v) is 10.6. The maximum Gasteiger partial charge on any atom is 0.321 e. The van der Waals surface area contributed by atoms with E-state index in [4.69, 9.17) is 9.47 Å². The minimum absolute atomic E-state index is 0.0366. The molecule has 0 saturated carbocycles. The van der Waals surface area contributed by atoms with Crippen LogP contribution in [0.1, 0.15) is 13.8 Å². The second kappa shape index (κ2) is 8.04. The number of amides is 2. The van der Waals surface area contributed by atoms with E-state index < -0.39 is 16.2 Å². The number of benzene rings is 1. The van der Waals surface area contributed by atoms with Crippen molar-refractivity contribution in [3.05, 3.63) is 24.3 Å². The first-order valence-electron chi connectivity index (χ1n) is 9.15. The number of hydrogen-bond donors (Lipinski definition) is 0. The molecule has 2 aliphatic rings. The van der Waals surface area contributed by atoms with Gasteiger partial charge in [-0.25, -0.2) is 13.2 Å². The van der Waals surface area contributed by atoms with Crippen molar-refractivity contribution in [1.82, 2.24) is 14.1 Å². The third kappa shape index (κ3) is 3.90. The zero-order chi connectivity index (χ0) is 19.6. The first kappa shape index (κ1) is 19.9. The summed E-state index contributed by atoms with van der Waals surface area (Å²) in [5.41, 5.74) is 0. The molecule has 0 bridgehead atoms. The summed E-state index contributed by atoms with van der Waals surface area (Å²) in [4.78, 5) is 16.6. The number of methoxy groups -OCH3 is 1. The minimum Gasteiger partial charge on any atom is -0.497 e. The third-order valence-corrected chi connectivity index (χ3v) is 6.85. The molecule has 0 unspecified atom stereocenters. The van der Waals surface area contributed by atoms with Crippen LogP contribution < -0.4 is 4.74 Å². The van der Waals surface area contributed by atoms with Crippen LogP contribution in [0.5, 0.6) is 5.75 Å². The molecule has 1 aromatic rings. The van der Waals surface area contributed by atoms with Crippen LogP contribution in [0.15, 0.2) is 29.2 Å². The van der Waals surface area contributed by atoms with Crippen LogP contribution in [-0.4, -0.2) is 81.2 Å². The normalized spacial score (nSPS) is 21.7. The first-order chi connectivity index (χ1) is 12.9. The van der Waals surface area contributed by atoms with E-state index in [0.717, 1.165) is 0 Å². The van der Waals surface area contributed by atoms with Gasteiger partial charge in [-0.15, -0.1) is 0 Å². The highest BCUT2D eigenvalue weighted by molar-refractivity contribution is 7.89. The van der Waals surface area contributed by atoms with E-state index in [9.17, 15) is 13.2 Å². The van der Waals surface area contributed by atoms with Crippen LogP contribution >= 0.6 is 0 Å². The lowest BCUT2D eigenvalue weighted by Crippen LogP contribution is -2.53. The van der Waals surface area contributed by atoms with E-state index >= 15 is 0 Å². The Labute approximate surface area is 160 Å². The van der Waals surface area contributed by atoms with Gasteiger partial charge in [-0.3, -0.25) is 0 Å². The summed E-state index contributed by atoms with van der Waals surface area (Å²) in [6, 6.07) is 6.22. The molecule has 8 nitrogen and oxygen atoms in total. The number of morpholine rings is 1. The zero-order valence-corrected chi connectivity index (χ0v) is 16.8. The topological polar surface area (TPSA) is 79.4 Å². The maximum atomic E-state index is 13.2. The molecule has 2 fully saturated rings. The molecule has 9 heteroatoms. The van der Waals surface area contributed by atoms with Gasteiger partial charge in [0, 0.05) is 26.2 Å². The van der Waals surface area contributed by atoms with Gasteiger partial charge in [0.1, 0.15) is 11.9 Å². The van der Waals surface area contributed by atoms with Crippen molar-refractivity contribution in [2.24, 2.45) is 5.92 Å². The van der Waals surface area contributed by atoms with Crippen LogP contribution in [-0.2, 0) is 14.8 Å². The Bertz CT molecular complexity index is 760. The fraction of sp³-hybridized carbons (Fsp3) is 0.611. The summed E-state index contributed by atoms with van der Waals surface area (Å²) in [7, 11) is -2.18. The molecule has 150 valence electrons. The molecule has 1 atom stereocenters. The molecule has 0 spiro atoms. The molecule has 3 rings (SSSR count). The number of carbonyl (C=O) groups is 1.